The van der Waals surface area contributed by atoms with Gasteiger partial charge in [-0.1, -0.05) is 12.1 Å². The molecule has 7 amide bonds. The fraction of sp³-hybridized carbons (Fsp3) is 0.541. The largest absolute Gasteiger partial charge is 0.508 e. The number of phenols is 1. The lowest BCUT2D eigenvalue weighted by Gasteiger charge is -2.28. The van der Waals surface area contributed by atoms with Crippen molar-refractivity contribution < 1.29 is 73.5 Å². The van der Waals surface area contributed by atoms with Crippen molar-refractivity contribution in [3.63, 3.8) is 0 Å². The molecule has 0 aliphatic carbocycles. The number of thiol groups is 1. The van der Waals surface area contributed by atoms with E-state index in [0.717, 1.165) is 6.92 Å². The number of carboxylic acid groups (broad SMARTS) is 3. The molecule has 0 unspecified atom stereocenters. The summed E-state index contributed by atoms with van der Waals surface area (Å²) < 4.78 is 0. The van der Waals surface area contributed by atoms with Crippen LogP contribution in [0.15, 0.2) is 29.3 Å². The third-order valence-corrected chi connectivity index (χ3v) is 9.40. The molecule has 0 radical (unpaired) electrons. The quantitative estimate of drug-likeness (QED) is 0.0148. The fourth-order valence-electron chi connectivity index (χ4n) is 5.58. The van der Waals surface area contributed by atoms with Gasteiger partial charge in [-0.25, -0.2) is 4.79 Å². The smallest absolute Gasteiger partial charge is 0.326 e. The molecule has 0 saturated heterocycles. The molecule has 0 saturated carbocycles. The van der Waals surface area contributed by atoms with Gasteiger partial charge >= 0.3 is 17.9 Å². The maximum atomic E-state index is 13.5. The van der Waals surface area contributed by atoms with Crippen LogP contribution in [0.4, 0.5) is 0 Å². The highest BCUT2D eigenvalue weighted by Crippen LogP contribution is 2.12. The van der Waals surface area contributed by atoms with Crippen LogP contribution in [0.3, 0.4) is 0 Å². The molecule has 0 aliphatic rings. The van der Waals surface area contributed by atoms with Crippen LogP contribution in [-0.4, -0.2) is 151 Å². The van der Waals surface area contributed by atoms with Crippen LogP contribution in [0.25, 0.3) is 0 Å². The number of carbonyl (C=O) groups excluding carboxylic acids is 7. The minimum Gasteiger partial charge on any atom is -0.508 e. The molecule has 64 heavy (non-hydrogen) atoms. The average molecular weight is 928 g/mol. The van der Waals surface area contributed by atoms with Gasteiger partial charge in [-0.3, -0.25) is 48.1 Å². The first-order valence-corrected chi connectivity index (χ1v) is 20.2. The number of hydrogen-bond donors (Lipinski definition) is 16. The van der Waals surface area contributed by atoms with E-state index in [1.165, 1.54) is 24.3 Å². The number of rotatable bonds is 30. The standard InChI is InChI=1S/C37H57N11O15S/c1-17(49)29(48-33(59)23(10-13-28(54)55)43-30(56)20(38)15-18-4-6-19(50)7-5-18)35(61)47-25(16-64)34(60)45-22(9-12-27(52)53)31(57)44-21(8-11-26(39)51)32(58)46-24(36(62)63)3-2-14-42-37(40)41/h4-7,17,20-25,29,49-50,64H,2-3,8-16,38H2,1H3,(H2,39,51)(H,43,56)(H,44,57)(H,45,60)(H,46,58)(H,47,61)(H,48,59)(H,52,53)(H,54,55)(H,62,63)(H4,40,41,42)/t17-,20+,21+,22+,23+,24+,25+,29+/m1/s1. The number of nitrogens with one attached hydrogen (secondary N) is 6. The van der Waals surface area contributed by atoms with Gasteiger partial charge in [-0.15, -0.1) is 0 Å². The zero-order valence-electron chi connectivity index (χ0n) is 34.7. The lowest BCUT2D eigenvalue weighted by Crippen LogP contribution is -2.62. The van der Waals surface area contributed by atoms with Gasteiger partial charge in [-0.2, -0.15) is 12.6 Å². The van der Waals surface area contributed by atoms with Crippen LogP contribution in [0, 0.1) is 0 Å². The number of amides is 7. The Balaban J connectivity index is 3.23. The highest BCUT2D eigenvalue weighted by molar-refractivity contribution is 7.80. The third-order valence-electron chi connectivity index (χ3n) is 9.04. The molecule has 27 heteroatoms. The van der Waals surface area contributed by atoms with Crippen molar-refractivity contribution in [3.8, 4) is 5.75 Å². The van der Waals surface area contributed by atoms with Crippen molar-refractivity contribution in [2.24, 2.45) is 27.9 Å². The van der Waals surface area contributed by atoms with Crippen molar-refractivity contribution in [2.75, 3.05) is 12.3 Å². The van der Waals surface area contributed by atoms with E-state index in [2.05, 4.69) is 49.5 Å². The van der Waals surface area contributed by atoms with Crippen molar-refractivity contribution >= 4 is 77.8 Å². The summed E-state index contributed by atoms with van der Waals surface area (Å²) in [6, 6.07) is -5.53. The summed E-state index contributed by atoms with van der Waals surface area (Å²) in [5.74, 6) is -12.5. The summed E-state index contributed by atoms with van der Waals surface area (Å²) in [5.41, 5.74) is 22.3. The molecule has 1 aromatic rings. The van der Waals surface area contributed by atoms with Crippen LogP contribution in [0.2, 0.25) is 0 Å². The van der Waals surface area contributed by atoms with E-state index < -0.39 is 152 Å². The molecule has 26 nitrogen and oxygen atoms in total. The van der Waals surface area contributed by atoms with Crippen LogP contribution < -0.4 is 54.8 Å². The molecule has 356 valence electrons. The topological polar surface area (TPSA) is 460 Å². The Labute approximate surface area is 371 Å². The molecule has 0 spiro atoms. The van der Waals surface area contributed by atoms with E-state index in [9.17, 15) is 73.5 Å². The summed E-state index contributed by atoms with van der Waals surface area (Å²) in [6.45, 7) is 1.10. The van der Waals surface area contributed by atoms with Crippen molar-refractivity contribution in [1.82, 2.24) is 31.9 Å². The number of guanidine groups is 1. The van der Waals surface area contributed by atoms with E-state index in [1.807, 2.05) is 0 Å². The highest BCUT2D eigenvalue weighted by Gasteiger charge is 2.35. The second-order valence-corrected chi connectivity index (χ2v) is 14.7. The SMILES string of the molecule is C[C@@H](O)[C@H](NC(=O)[C@H](CCC(=O)O)NC(=O)[C@@H](N)Cc1ccc(O)cc1)C(=O)N[C@@H](CS)C(=O)N[C@@H](CCC(=O)O)C(=O)N[C@@H](CCC(N)=O)C(=O)N[C@@H](CCCN=C(N)N)C(=O)O. The maximum Gasteiger partial charge on any atom is 0.326 e. The molecule has 19 N–H and O–H groups in total. The number of benzene rings is 1. The Bertz CT molecular complexity index is 1850. The van der Waals surface area contributed by atoms with E-state index >= 15 is 0 Å². The number of carbonyl (C=O) groups is 10. The lowest BCUT2D eigenvalue weighted by atomic mass is 10.0. The number of phenolic OH excluding ortho intramolecular Hbond substituents is 1. The van der Waals surface area contributed by atoms with Gasteiger partial charge in [0.15, 0.2) is 5.96 Å². The predicted octanol–water partition coefficient (Wildman–Crippen LogP) is -5.39. The molecule has 8 atom stereocenters. The second-order valence-electron chi connectivity index (χ2n) is 14.3. The van der Waals surface area contributed by atoms with Crippen LogP contribution in [-0.2, 0) is 54.4 Å². The zero-order valence-corrected chi connectivity index (χ0v) is 35.6. The number of aromatic hydroxyl groups is 1. The Morgan fingerprint density at radius 2 is 1.06 bits per heavy atom. The van der Waals surface area contributed by atoms with Gasteiger partial charge < -0.3 is 80.4 Å². The fourth-order valence-corrected chi connectivity index (χ4v) is 5.84. The maximum absolute atomic E-state index is 13.5. The highest BCUT2D eigenvalue weighted by atomic mass is 32.1. The number of aliphatic hydroxyl groups is 1. The van der Waals surface area contributed by atoms with Crippen LogP contribution >= 0.6 is 12.6 Å². The molecule has 0 aromatic heterocycles. The first-order chi connectivity index (χ1) is 29.9. The number of nitrogens with zero attached hydrogens (tertiary/aromatic N) is 1. The van der Waals surface area contributed by atoms with Gasteiger partial charge in [0.05, 0.1) is 12.1 Å². The first-order valence-electron chi connectivity index (χ1n) is 19.6. The summed E-state index contributed by atoms with van der Waals surface area (Å²) >= 11 is 4.06. The Morgan fingerprint density at radius 1 is 0.625 bits per heavy atom. The van der Waals surface area contributed by atoms with Gasteiger partial charge in [0, 0.05) is 31.6 Å². The van der Waals surface area contributed by atoms with Crippen molar-refractivity contribution in [1.29, 1.82) is 0 Å². The number of aliphatic imine (C=N–C) groups is 1. The van der Waals surface area contributed by atoms with E-state index in [0.29, 0.717) is 5.56 Å². The van der Waals surface area contributed by atoms with Gasteiger partial charge in [-0.05, 0) is 63.1 Å². The molecule has 1 rings (SSSR count). The number of aliphatic carboxylic acids is 3. The molecule has 0 aliphatic heterocycles. The summed E-state index contributed by atoms with van der Waals surface area (Å²) in [7, 11) is 0. The Hall–Kier alpha value is -6.74. The third kappa shape index (κ3) is 21.4. The van der Waals surface area contributed by atoms with Gasteiger partial charge in [0.1, 0.15) is 42.0 Å². The van der Waals surface area contributed by atoms with E-state index in [4.69, 9.17) is 22.9 Å². The van der Waals surface area contributed by atoms with Gasteiger partial charge in [0.25, 0.3) is 0 Å². The predicted molar refractivity (Wildman–Crippen MR) is 227 cm³/mol. The molecular formula is C37H57N11O15S. The Kier molecular flexibility index (Phi) is 24.2. The average Bonchev–Trinajstić information content (AvgIpc) is 3.21. The summed E-state index contributed by atoms with van der Waals surface area (Å²) in [4.78, 5) is 130. The normalized spacial score (nSPS) is 14.6. The number of carboxylic acids is 3. The minimum absolute atomic E-state index is 0.0196. The second kappa shape index (κ2) is 28.1. The first kappa shape index (κ1) is 55.3. The molecule has 0 bridgehead atoms. The molecular weight excluding hydrogens is 871 g/mol. The number of aliphatic hydroxyl groups excluding tert-OH is 1. The molecule has 0 fully saturated rings. The van der Waals surface area contributed by atoms with Crippen molar-refractivity contribution in [3.05, 3.63) is 29.8 Å². The van der Waals surface area contributed by atoms with Crippen molar-refractivity contribution in [2.45, 2.75) is 113 Å². The summed E-state index contributed by atoms with van der Waals surface area (Å²) in [5, 5.41) is 61.7. The van der Waals surface area contributed by atoms with Crippen LogP contribution in [0.1, 0.15) is 63.9 Å². The zero-order chi connectivity index (χ0) is 48.7. The van der Waals surface area contributed by atoms with E-state index in [-0.39, 0.29) is 37.5 Å². The molecule has 0 heterocycles. The monoisotopic (exact) mass is 927 g/mol. The Morgan fingerprint density at radius 3 is 1.50 bits per heavy atom. The number of nitrogens with two attached hydrogens (primary N) is 4. The van der Waals surface area contributed by atoms with Crippen LogP contribution in [0.5, 0.6) is 5.75 Å². The van der Waals surface area contributed by atoms with E-state index in [1.54, 1.807) is 0 Å². The van der Waals surface area contributed by atoms with Gasteiger partial charge in [0.2, 0.25) is 41.4 Å². The lowest BCUT2D eigenvalue weighted by molar-refractivity contribution is -0.142. The summed E-state index contributed by atoms with van der Waals surface area (Å²) in [6.07, 6.45) is -5.16. The minimum atomic E-state index is -1.85. The number of hydrogen-bond acceptors (Lipinski definition) is 15. The molecule has 1 aromatic carbocycles. The number of primary amides is 1.